The quantitative estimate of drug-likeness (QED) is 0.662. The summed E-state index contributed by atoms with van der Waals surface area (Å²) < 4.78 is 50.3. The molecule has 0 saturated carbocycles. The lowest BCUT2D eigenvalue weighted by Crippen LogP contribution is -2.44. The van der Waals surface area contributed by atoms with E-state index in [0.29, 0.717) is 32.8 Å². The number of para-hydroxylation sites is 1. The first kappa shape index (κ1) is 19.1. The van der Waals surface area contributed by atoms with Crippen LogP contribution in [-0.4, -0.2) is 75.9 Å². The standard InChI is InChI=1S/C16H25FN2O4S/c1-2-19(8-7-18-9-11-22-12-10-18)24(20,21)14-13-23-16-6-4-3-5-15(16)17/h3-6H,2,7-14H2,1H3. The summed E-state index contributed by atoms with van der Waals surface area (Å²) in [6.07, 6.45) is 0. The molecule has 136 valence electrons. The number of hydrogen-bond donors (Lipinski definition) is 0. The SMILES string of the molecule is CCN(CCN1CCOCC1)S(=O)(=O)CCOc1ccccc1F. The van der Waals surface area contributed by atoms with Crippen molar-refractivity contribution in [2.45, 2.75) is 6.92 Å². The molecule has 0 aliphatic carbocycles. The maximum Gasteiger partial charge on any atom is 0.217 e. The van der Waals surface area contributed by atoms with Gasteiger partial charge in [0.05, 0.1) is 19.0 Å². The molecule has 1 aliphatic heterocycles. The number of benzene rings is 1. The van der Waals surface area contributed by atoms with Crippen LogP contribution in [0.4, 0.5) is 4.39 Å². The number of likely N-dealkylation sites (N-methyl/N-ethyl adjacent to an activating group) is 1. The molecule has 1 aromatic carbocycles. The minimum atomic E-state index is -3.43. The van der Waals surface area contributed by atoms with Crippen molar-refractivity contribution in [3.8, 4) is 5.75 Å². The molecular weight excluding hydrogens is 335 g/mol. The minimum absolute atomic E-state index is 0.0721. The zero-order valence-corrected chi connectivity index (χ0v) is 14.8. The third-order valence-electron chi connectivity index (χ3n) is 3.95. The molecular formula is C16H25FN2O4S. The molecule has 1 aromatic rings. The van der Waals surface area contributed by atoms with E-state index in [2.05, 4.69) is 4.90 Å². The summed E-state index contributed by atoms with van der Waals surface area (Å²) in [6.45, 7) is 6.31. The number of nitrogens with zero attached hydrogens (tertiary/aromatic N) is 2. The molecule has 8 heteroatoms. The van der Waals surface area contributed by atoms with Gasteiger partial charge in [-0.2, -0.15) is 0 Å². The molecule has 0 atom stereocenters. The largest absolute Gasteiger partial charge is 0.489 e. The number of halogens is 1. The van der Waals surface area contributed by atoms with Crippen molar-refractivity contribution in [1.29, 1.82) is 0 Å². The Morgan fingerprint density at radius 3 is 2.67 bits per heavy atom. The van der Waals surface area contributed by atoms with Crippen LogP contribution in [0.1, 0.15) is 6.92 Å². The van der Waals surface area contributed by atoms with Crippen molar-refractivity contribution in [3.63, 3.8) is 0 Å². The normalized spacial score (nSPS) is 16.5. The molecule has 6 nitrogen and oxygen atoms in total. The smallest absolute Gasteiger partial charge is 0.217 e. The third kappa shape index (κ3) is 5.70. The fourth-order valence-corrected chi connectivity index (χ4v) is 3.82. The van der Waals surface area contributed by atoms with Crippen molar-refractivity contribution < 1.29 is 22.3 Å². The van der Waals surface area contributed by atoms with Crippen LogP contribution in [0.15, 0.2) is 24.3 Å². The van der Waals surface area contributed by atoms with Gasteiger partial charge in [0, 0.05) is 32.7 Å². The first-order valence-corrected chi connectivity index (χ1v) is 9.79. The molecule has 0 unspecified atom stereocenters. The van der Waals surface area contributed by atoms with Gasteiger partial charge in [-0.05, 0) is 12.1 Å². The van der Waals surface area contributed by atoms with Gasteiger partial charge in [-0.25, -0.2) is 17.1 Å². The molecule has 0 aromatic heterocycles. The van der Waals surface area contributed by atoms with E-state index in [1.54, 1.807) is 12.1 Å². The number of morpholine rings is 1. The molecule has 1 fully saturated rings. The topological polar surface area (TPSA) is 59.1 Å². The van der Waals surface area contributed by atoms with Crippen molar-refractivity contribution in [3.05, 3.63) is 30.1 Å². The van der Waals surface area contributed by atoms with E-state index in [-0.39, 0.29) is 18.1 Å². The van der Waals surface area contributed by atoms with E-state index >= 15 is 0 Å². The average molecular weight is 360 g/mol. The van der Waals surface area contributed by atoms with E-state index in [1.807, 2.05) is 6.92 Å². The second-order valence-corrected chi connectivity index (χ2v) is 7.63. The van der Waals surface area contributed by atoms with Crippen LogP contribution in [-0.2, 0) is 14.8 Å². The molecule has 0 amide bonds. The second kappa shape index (κ2) is 9.31. The van der Waals surface area contributed by atoms with Gasteiger partial charge in [-0.3, -0.25) is 4.90 Å². The number of ether oxygens (including phenoxy) is 2. The van der Waals surface area contributed by atoms with Crippen LogP contribution < -0.4 is 4.74 Å². The van der Waals surface area contributed by atoms with Gasteiger partial charge in [-0.15, -0.1) is 0 Å². The fraction of sp³-hybridized carbons (Fsp3) is 0.625. The third-order valence-corrected chi connectivity index (χ3v) is 5.86. The Morgan fingerprint density at radius 2 is 2.00 bits per heavy atom. The summed E-state index contributed by atoms with van der Waals surface area (Å²) in [5.74, 6) is -0.586. The molecule has 2 rings (SSSR count). The molecule has 0 spiro atoms. The van der Waals surface area contributed by atoms with Crippen molar-refractivity contribution >= 4 is 10.0 Å². The number of rotatable bonds is 9. The lowest BCUT2D eigenvalue weighted by Gasteiger charge is -2.29. The summed E-state index contributed by atoms with van der Waals surface area (Å²) in [5.41, 5.74) is 0. The van der Waals surface area contributed by atoms with Gasteiger partial charge in [-0.1, -0.05) is 19.1 Å². The lowest BCUT2D eigenvalue weighted by molar-refractivity contribution is 0.0364. The summed E-state index contributed by atoms with van der Waals surface area (Å²) >= 11 is 0. The van der Waals surface area contributed by atoms with Crippen molar-refractivity contribution in [1.82, 2.24) is 9.21 Å². The van der Waals surface area contributed by atoms with Crippen LogP contribution in [0.3, 0.4) is 0 Å². The zero-order valence-electron chi connectivity index (χ0n) is 14.0. The van der Waals surface area contributed by atoms with Crippen LogP contribution in [0.5, 0.6) is 5.75 Å². The Morgan fingerprint density at radius 1 is 1.29 bits per heavy atom. The van der Waals surface area contributed by atoms with Crippen LogP contribution in [0, 0.1) is 5.82 Å². The maximum absolute atomic E-state index is 13.5. The Kier molecular flexibility index (Phi) is 7.41. The van der Waals surface area contributed by atoms with Crippen molar-refractivity contribution in [2.75, 3.05) is 58.3 Å². The first-order valence-electron chi connectivity index (χ1n) is 8.18. The highest BCUT2D eigenvalue weighted by Crippen LogP contribution is 2.15. The highest BCUT2D eigenvalue weighted by Gasteiger charge is 2.22. The highest BCUT2D eigenvalue weighted by atomic mass is 32.2. The Labute approximate surface area is 143 Å². The average Bonchev–Trinajstić information content (AvgIpc) is 2.58. The Bertz CT molecular complexity index is 606. The van der Waals surface area contributed by atoms with Crippen LogP contribution in [0.25, 0.3) is 0 Å². The van der Waals surface area contributed by atoms with Crippen molar-refractivity contribution in [2.24, 2.45) is 0 Å². The van der Waals surface area contributed by atoms with Gasteiger partial charge in [0.15, 0.2) is 11.6 Å². The Hall–Kier alpha value is -1.22. The van der Waals surface area contributed by atoms with Gasteiger partial charge in [0.25, 0.3) is 0 Å². The van der Waals surface area contributed by atoms with Gasteiger partial charge in [0.1, 0.15) is 6.61 Å². The molecule has 1 aliphatic rings. The summed E-state index contributed by atoms with van der Waals surface area (Å²) in [7, 11) is -3.43. The molecule has 1 saturated heterocycles. The predicted octanol–water partition coefficient (Wildman–Crippen LogP) is 1.19. The second-order valence-electron chi connectivity index (χ2n) is 5.54. The zero-order chi connectivity index (χ0) is 17.4. The molecule has 24 heavy (non-hydrogen) atoms. The first-order chi connectivity index (χ1) is 11.5. The van der Waals surface area contributed by atoms with Gasteiger partial charge >= 0.3 is 0 Å². The summed E-state index contributed by atoms with van der Waals surface area (Å²) in [4.78, 5) is 2.19. The predicted molar refractivity (Wildman–Crippen MR) is 90.2 cm³/mol. The van der Waals surface area contributed by atoms with Crippen LogP contribution in [0.2, 0.25) is 0 Å². The van der Waals surface area contributed by atoms with E-state index in [9.17, 15) is 12.8 Å². The minimum Gasteiger partial charge on any atom is -0.489 e. The highest BCUT2D eigenvalue weighted by molar-refractivity contribution is 7.89. The number of hydrogen-bond acceptors (Lipinski definition) is 5. The lowest BCUT2D eigenvalue weighted by atomic mass is 10.3. The van der Waals surface area contributed by atoms with Gasteiger partial charge < -0.3 is 9.47 Å². The molecule has 0 N–H and O–H groups in total. The molecule has 1 heterocycles. The van der Waals surface area contributed by atoms with E-state index in [4.69, 9.17) is 9.47 Å². The summed E-state index contributed by atoms with van der Waals surface area (Å²) in [5, 5.41) is 0. The van der Waals surface area contributed by atoms with Crippen LogP contribution >= 0.6 is 0 Å². The fourth-order valence-electron chi connectivity index (χ4n) is 2.52. The van der Waals surface area contributed by atoms with E-state index < -0.39 is 15.8 Å². The molecule has 0 radical (unpaired) electrons. The monoisotopic (exact) mass is 360 g/mol. The molecule has 0 bridgehead atoms. The van der Waals surface area contributed by atoms with E-state index in [0.717, 1.165) is 13.1 Å². The van der Waals surface area contributed by atoms with E-state index in [1.165, 1.54) is 16.4 Å². The Balaban J connectivity index is 1.81. The maximum atomic E-state index is 13.5. The number of sulfonamides is 1. The van der Waals surface area contributed by atoms with Gasteiger partial charge in [0.2, 0.25) is 10.0 Å². The summed E-state index contributed by atoms with van der Waals surface area (Å²) in [6, 6.07) is 5.97.